The van der Waals surface area contributed by atoms with Crippen LogP contribution in [0.25, 0.3) is 0 Å². The Morgan fingerprint density at radius 3 is 2.83 bits per heavy atom. The van der Waals surface area contributed by atoms with Crippen molar-refractivity contribution in [1.29, 1.82) is 0 Å². The molecule has 0 heterocycles. The van der Waals surface area contributed by atoms with Gasteiger partial charge in [0.1, 0.15) is 11.9 Å². The molecule has 0 aliphatic carbocycles. The number of hydrogen-bond donors (Lipinski definition) is 2. The van der Waals surface area contributed by atoms with Gasteiger partial charge in [-0.3, -0.25) is 4.84 Å². The highest BCUT2D eigenvalue weighted by atomic mass is 79.9. The molecule has 1 aromatic rings. The summed E-state index contributed by atoms with van der Waals surface area (Å²) in [4.78, 5) is 4.59. The number of aromatic hydroxyl groups is 1. The Morgan fingerprint density at radius 1 is 1.58 bits per heavy atom. The summed E-state index contributed by atoms with van der Waals surface area (Å²) in [6, 6.07) is 5.11. The van der Waals surface area contributed by atoms with Crippen molar-refractivity contribution in [2.24, 2.45) is 5.90 Å². The summed E-state index contributed by atoms with van der Waals surface area (Å²) >= 11 is 3.29. The van der Waals surface area contributed by atoms with Crippen LogP contribution in [0, 0.1) is 0 Å². The lowest BCUT2D eigenvalue weighted by molar-refractivity contribution is 0.0646. The van der Waals surface area contributed by atoms with Crippen LogP contribution in [0.3, 0.4) is 0 Å². The number of nitrogens with two attached hydrogens (primary N) is 1. The molecule has 0 saturated carbocycles. The first-order valence-corrected chi connectivity index (χ1v) is 4.28. The van der Waals surface area contributed by atoms with Crippen molar-refractivity contribution in [1.82, 2.24) is 0 Å². The molecule has 3 N–H and O–H groups in total. The average molecular weight is 232 g/mol. The zero-order valence-corrected chi connectivity index (χ0v) is 8.21. The minimum Gasteiger partial charge on any atom is -0.508 e. The van der Waals surface area contributed by atoms with Crippen LogP contribution in [-0.2, 0) is 4.84 Å². The van der Waals surface area contributed by atoms with E-state index in [4.69, 9.17) is 5.90 Å². The molecule has 1 atom stereocenters. The van der Waals surface area contributed by atoms with Gasteiger partial charge in [0.15, 0.2) is 0 Å². The van der Waals surface area contributed by atoms with Gasteiger partial charge in [-0.25, -0.2) is 5.90 Å². The predicted octanol–water partition coefficient (Wildman–Crippen LogP) is 2.11. The van der Waals surface area contributed by atoms with E-state index in [9.17, 15) is 5.11 Å². The van der Waals surface area contributed by atoms with E-state index in [0.717, 1.165) is 4.47 Å². The van der Waals surface area contributed by atoms with Gasteiger partial charge in [0, 0.05) is 10.0 Å². The van der Waals surface area contributed by atoms with Crippen molar-refractivity contribution < 1.29 is 9.94 Å². The van der Waals surface area contributed by atoms with Crippen molar-refractivity contribution in [2.75, 3.05) is 0 Å². The Labute approximate surface area is 79.2 Å². The molecular weight excluding hydrogens is 222 g/mol. The summed E-state index contributed by atoms with van der Waals surface area (Å²) in [6.07, 6.45) is -0.303. The minimum atomic E-state index is -0.303. The molecule has 1 aromatic carbocycles. The van der Waals surface area contributed by atoms with E-state index in [1.165, 1.54) is 0 Å². The maximum absolute atomic E-state index is 9.38. The van der Waals surface area contributed by atoms with Gasteiger partial charge in [0.05, 0.1) is 0 Å². The molecule has 0 spiro atoms. The van der Waals surface area contributed by atoms with Crippen molar-refractivity contribution in [2.45, 2.75) is 13.0 Å². The summed E-state index contributed by atoms with van der Waals surface area (Å²) in [5, 5.41) is 9.38. The van der Waals surface area contributed by atoms with Gasteiger partial charge in [0.25, 0.3) is 0 Å². The molecule has 0 aromatic heterocycles. The fraction of sp³-hybridized carbons (Fsp3) is 0.250. The normalized spacial score (nSPS) is 12.9. The summed E-state index contributed by atoms with van der Waals surface area (Å²) in [7, 11) is 0. The van der Waals surface area contributed by atoms with E-state index < -0.39 is 0 Å². The summed E-state index contributed by atoms with van der Waals surface area (Å²) in [6.45, 7) is 1.77. The molecule has 1 unspecified atom stereocenters. The Balaban J connectivity index is 3.04. The lowest BCUT2D eigenvalue weighted by atomic mass is 10.1. The van der Waals surface area contributed by atoms with Gasteiger partial charge in [-0.05, 0) is 25.1 Å². The molecule has 0 amide bonds. The number of halogens is 1. The monoisotopic (exact) mass is 231 g/mol. The van der Waals surface area contributed by atoms with Gasteiger partial charge in [-0.15, -0.1) is 0 Å². The van der Waals surface area contributed by atoms with Gasteiger partial charge in [0.2, 0.25) is 0 Å². The molecule has 3 nitrogen and oxygen atoms in total. The van der Waals surface area contributed by atoms with Crippen LogP contribution in [0.15, 0.2) is 22.7 Å². The second-order valence-electron chi connectivity index (χ2n) is 2.48. The fourth-order valence-electron chi connectivity index (χ4n) is 0.924. The Kier molecular flexibility index (Phi) is 3.08. The van der Waals surface area contributed by atoms with Crippen molar-refractivity contribution in [3.8, 4) is 5.75 Å². The molecule has 0 aliphatic heterocycles. The molecule has 66 valence electrons. The first-order chi connectivity index (χ1) is 5.65. The van der Waals surface area contributed by atoms with Crippen LogP contribution in [0.4, 0.5) is 0 Å². The first kappa shape index (κ1) is 9.51. The molecule has 0 saturated heterocycles. The minimum absolute atomic E-state index is 0.191. The maximum Gasteiger partial charge on any atom is 0.121 e. The largest absolute Gasteiger partial charge is 0.508 e. The molecule has 0 aliphatic rings. The topological polar surface area (TPSA) is 55.5 Å². The van der Waals surface area contributed by atoms with E-state index in [1.54, 1.807) is 25.1 Å². The summed E-state index contributed by atoms with van der Waals surface area (Å²) in [5.41, 5.74) is 0.673. The van der Waals surface area contributed by atoms with E-state index in [-0.39, 0.29) is 11.9 Å². The second-order valence-corrected chi connectivity index (χ2v) is 3.40. The second kappa shape index (κ2) is 3.89. The van der Waals surface area contributed by atoms with Crippen LogP contribution < -0.4 is 5.90 Å². The maximum atomic E-state index is 9.38. The molecule has 1 rings (SSSR count). The zero-order valence-electron chi connectivity index (χ0n) is 6.62. The highest BCUT2D eigenvalue weighted by Gasteiger charge is 2.09. The van der Waals surface area contributed by atoms with E-state index in [0.29, 0.717) is 5.56 Å². The lowest BCUT2D eigenvalue weighted by Gasteiger charge is -2.10. The first-order valence-electron chi connectivity index (χ1n) is 3.49. The summed E-state index contributed by atoms with van der Waals surface area (Å²) < 4.78 is 0.888. The Bertz CT molecular complexity index is 278. The van der Waals surface area contributed by atoms with Gasteiger partial charge < -0.3 is 5.11 Å². The van der Waals surface area contributed by atoms with Crippen LogP contribution in [0.5, 0.6) is 5.75 Å². The number of hydrogen-bond acceptors (Lipinski definition) is 3. The van der Waals surface area contributed by atoms with Crippen LogP contribution in [0.2, 0.25) is 0 Å². The average Bonchev–Trinajstić information content (AvgIpc) is 2.08. The predicted molar refractivity (Wildman–Crippen MR) is 49.5 cm³/mol. The molecule has 0 radical (unpaired) electrons. The highest BCUT2D eigenvalue weighted by molar-refractivity contribution is 9.10. The van der Waals surface area contributed by atoms with Crippen LogP contribution in [-0.4, -0.2) is 5.11 Å². The standard InChI is InChI=1S/C8H10BrNO2/c1-5(12-10)7-4-6(9)2-3-8(7)11/h2-5,11H,10H2,1H3. The number of rotatable bonds is 2. The molecule has 4 heteroatoms. The third kappa shape index (κ3) is 1.97. The highest BCUT2D eigenvalue weighted by Crippen LogP contribution is 2.28. The number of phenols is 1. The molecule has 0 fully saturated rings. The number of benzene rings is 1. The van der Waals surface area contributed by atoms with Crippen molar-refractivity contribution in [3.63, 3.8) is 0 Å². The zero-order chi connectivity index (χ0) is 9.14. The molecule has 0 bridgehead atoms. The third-order valence-electron chi connectivity index (χ3n) is 1.63. The van der Waals surface area contributed by atoms with Gasteiger partial charge in [-0.1, -0.05) is 15.9 Å². The molecule has 12 heavy (non-hydrogen) atoms. The number of phenolic OH excluding ortho intramolecular Hbond substituents is 1. The van der Waals surface area contributed by atoms with E-state index >= 15 is 0 Å². The van der Waals surface area contributed by atoms with Crippen molar-refractivity contribution in [3.05, 3.63) is 28.2 Å². The van der Waals surface area contributed by atoms with Gasteiger partial charge >= 0.3 is 0 Å². The van der Waals surface area contributed by atoms with Crippen LogP contribution in [0.1, 0.15) is 18.6 Å². The van der Waals surface area contributed by atoms with E-state index in [2.05, 4.69) is 20.8 Å². The smallest absolute Gasteiger partial charge is 0.121 e. The van der Waals surface area contributed by atoms with Gasteiger partial charge in [-0.2, -0.15) is 0 Å². The fourth-order valence-corrected chi connectivity index (χ4v) is 1.30. The van der Waals surface area contributed by atoms with Crippen molar-refractivity contribution >= 4 is 15.9 Å². The summed E-state index contributed by atoms with van der Waals surface area (Å²) in [5.74, 6) is 5.19. The third-order valence-corrected chi connectivity index (χ3v) is 2.12. The Hall–Kier alpha value is -0.580. The van der Waals surface area contributed by atoms with E-state index in [1.807, 2.05) is 0 Å². The lowest BCUT2D eigenvalue weighted by Crippen LogP contribution is -2.05. The quantitative estimate of drug-likeness (QED) is 0.767. The van der Waals surface area contributed by atoms with Crippen LogP contribution >= 0.6 is 15.9 Å². The SMILES string of the molecule is CC(ON)c1cc(Br)ccc1O. The molecular formula is C8H10BrNO2. The Morgan fingerprint density at radius 2 is 2.25 bits per heavy atom.